The van der Waals surface area contributed by atoms with Gasteiger partial charge in [-0.05, 0) is 24.1 Å². The number of hydrogen-bond acceptors (Lipinski definition) is 2. The summed E-state index contributed by atoms with van der Waals surface area (Å²) in [6, 6.07) is 4.33. The molecule has 2 atom stereocenters. The quantitative estimate of drug-likeness (QED) is 0.840. The Morgan fingerprint density at radius 3 is 2.71 bits per heavy atom. The summed E-state index contributed by atoms with van der Waals surface area (Å²) in [5.74, 6) is -3.77. The van der Waals surface area contributed by atoms with Gasteiger partial charge in [0, 0.05) is 19.6 Å². The van der Waals surface area contributed by atoms with E-state index in [1.54, 1.807) is 13.0 Å². The van der Waals surface area contributed by atoms with Crippen molar-refractivity contribution in [2.45, 2.75) is 19.6 Å². The number of benzene rings is 1. The Morgan fingerprint density at radius 2 is 2.10 bits per heavy atom. The average Bonchev–Trinajstić information content (AvgIpc) is 2.89. The number of rotatable bonds is 3. The summed E-state index contributed by atoms with van der Waals surface area (Å²) in [6.07, 6.45) is -4.39. The van der Waals surface area contributed by atoms with Gasteiger partial charge in [0.25, 0.3) is 0 Å². The molecule has 2 rings (SSSR count). The maximum absolute atomic E-state index is 13.1. The third-order valence-electron chi connectivity index (χ3n) is 3.66. The third kappa shape index (κ3) is 3.72. The Hall–Kier alpha value is -1.63. The van der Waals surface area contributed by atoms with Gasteiger partial charge >= 0.3 is 6.18 Å². The highest BCUT2D eigenvalue weighted by molar-refractivity contribution is 5.79. The van der Waals surface area contributed by atoms with Gasteiger partial charge in [0.1, 0.15) is 5.82 Å². The van der Waals surface area contributed by atoms with Crippen LogP contribution in [-0.2, 0) is 11.3 Å². The maximum Gasteiger partial charge on any atom is 0.393 e. The minimum Gasteiger partial charge on any atom is -0.352 e. The molecule has 7 heteroatoms. The van der Waals surface area contributed by atoms with E-state index in [0.29, 0.717) is 11.1 Å². The topological polar surface area (TPSA) is 41.1 Å². The van der Waals surface area contributed by atoms with Crippen LogP contribution in [0.3, 0.4) is 0 Å². The van der Waals surface area contributed by atoms with Crippen LogP contribution in [0.2, 0.25) is 0 Å². The lowest BCUT2D eigenvalue weighted by atomic mass is 9.94. The Bertz CT molecular complexity index is 530. The largest absolute Gasteiger partial charge is 0.393 e. The van der Waals surface area contributed by atoms with E-state index in [2.05, 4.69) is 10.6 Å². The standard InChI is InChI=1S/C14H16F4N2O/c1-8-4-9(2-3-12(8)15)5-20-13(21)10-6-19-7-11(10)14(16,17)18/h2-4,10-11,19H,5-7H2,1H3,(H,20,21)/t10-,11-/m1/s1. The summed E-state index contributed by atoms with van der Waals surface area (Å²) < 4.78 is 51.4. The van der Waals surface area contributed by atoms with E-state index in [0.717, 1.165) is 0 Å². The summed E-state index contributed by atoms with van der Waals surface area (Å²) in [5, 5.41) is 5.08. The molecule has 0 bridgehead atoms. The molecule has 1 amide bonds. The van der Waals surface area contributed by atoms with Crippen molar-refractivity contribution in [3.63, 3.8) is 0 Å². The lowest BCUT2D eigenvalue weighted by Crippen LogP contribution is -2.39. The highest BCUT2D eigenvalue weighted by Crippen LogP contribution is 2.34. The fourth-order valence-corrected chi connectivity index (χ4v) is 2.44. The molecule has 0 aromatic heterocycles. The van der Waals surface area contributed by atoms with E-state index in [1.165, 1.54) is 12.1 Å². The first-order chi connectivity index (χ1) is 9.79. The second-order valence-electron chi connectivity index (χ2n) is 5.21. The number of carbonyl (C=O) groups excluding carboxylic acids is 1. The summed E-state index contributed by atoms with van der Waals surface area (Å²) in [4.78, 5) is 11.9. The van der Waals surface area contributed by atoms with Crippen LogP contribution in [-0.4, -0.2) is 25.2 Å². The van der Waals surface area contributed by atoms with E-state index in [4.69, 9.17) is 0 Å². The molecule has 1 aliphatic rings. The maximum atomic E-state index is 13.1. The van der Waals surface area contributed by atoms with Crippen LogP contribution in [0.15, 0.2) is 18.2 Å². The molecule has 1 aromatic rings. The van der Waals surface area contributed by atoms with E-state index >= 15 is 0 Å². The summed E-state index contributed by atoms with van der Waals surface area (Å²) >= 11 is 0. The third-order valence-corrected chi connectivity index (χ3v) is 3.66. The monoisotopic (exact) mass is 304 g/mol. The van der Waals surface area contributed by atoms with Crippen molar-refractivity contribution in [1.82, 2.24) is 10.6 Å². The molecular formula is C14H16F4N2O. The molecule has 1 aromatic carbocycles. The zero-order chi connectivity index (χ0) is 15.6. The Kier molecular flexibility index (Phi) is 4.51. The number of nitrogens with one attached hydrogen (secondary N) is 2. The number of hydrogen-bond donors (Lipinski definition) is 2. The molecule has 21 heavy (non-hydrogen) atoms. The molecule has 1 fully saturated rings. The van der Waals surface area contributed by atoms with Crippen LogP contribution in [0.1, 0.15) is 11.1 Å². The number of alkyl halides is 3. The Balaban J connectivity index is 1.96. The smallest absolute Gasteiger partial charge is 0.352 e. The van der Waals surface area contributed by atoms with Crippen molar-refractivity contribution in [1.29, 1.82) is 0 Å². The van der Waals surface area contributed by atoms with Crippen molar-refractivity contribution in [3.05, 3.63) is 35.1 Å². The molecule has 2 N–H and O–H groups in total. The molecule has 0 radical (unpaired) electrons. The Morgan fingerprint density at radius 1 is 1.38 bits per heavy atom. The van der Waals surface area contributed by atoms with Gasteiger partial charge < -0.3 is 10.6 Å². The second kappa shape index (κ2) is 6.01. The van der Waals surface area contributed by atoms with Crippen LogP contribution >= 0.6 is 0 Å². The average molecular weight is 304 g/mol. The summed E-state index contributed by atoms with van der Waals surface area (Å²) in [6.45, 7) is 1.44. The van der Waals surface area contributed by atoms with Crippen LogP contribution in [0.25, 0.3) is 0 Å². The van der Waals surface area contributed by atoms with Gasteiger partial charge in [0.15, 0.2) is 0 Å². The zero-order valence-corrected chi connectivity index (χ0v) is 11.4. The number of amides is 1. The van der Waals surface area contributed by atoms with Crippen molar-refractivity contribution < 1.29 is 22.4 Å². The van der Waals surface area contributed by atoms with E-state index in [-0.39, 0.29) is 25.5 Å². The van der Waals surface area contributed by atoms with Crippen LogP contribution in [0, 0.1) is 24.6 Å². The minimum absolute atomic E-state index is 0.0124. The molecular weight excluding hydrogens is 288 g/mol. The molecule has 3 nitrogen and oxygen atoms in total. The van der Waals surface area contributed by atoms with E-state index < -0.39 is 23.9 Å². The molecule has 1 heterocycles. The number of halogens is 4. The minimum atomic E-state index is -4.39. The molecule has 1 aliphatic heterocycles. The number of aryl methyl sites for hydroxylation is 1. The highest BCUT2D eigenvalue weighted by Gasteiger charge is 2.49. The summed E-state index contributed by atoms with van der Waals surface area (Å²) in [7, 11) is 0. The van der Waals surface area contributed by atoms with Crippen LogP contribution in [0.5, 0.6) is 0 Å². The predicted molar refractivity (Wildman–Crippen MR) is 68.9 cm³/mol. The highest BCUT2D eigenvalue weighted by atomic mass is 19.4. The van der Waals surface area contributed by atoms with Gasteiger partial charge in [0.05, 0.1) is 11.8 Å². The summed E-state index contributed by atoms with van der Waals surface area (Å²) in [5.41, 5.74) is 1.08. The lowest BCUT2D eigenvalue weighted by molar-refractivity contribution is -0.182. The molecule has 0 unspecified atom stereocenters. The van der Waals surface area contributed by atoms with Gasteiger partial charge in [-0.2, -0.15) is 13.2 Å². The zero-order valence-electron chi connectivity index (χ0n) is 11.4. The molecule has 1 saturated heterocycles. The second-order valence-corrected chi connectivity index (χ2v) is 5.21. The van der Waals surface area contributed by atoms with Crippen molar-refractivity contribution in [3.8, 4) is 0 Å². The Labute approximate surface area is 119 Å². The van der Waals surface area contributed by atoms with E-state index in [1.807, 2.05) is 0 Å². The van der Waals surface area contributed by atoms with Gasteiger partial charge in [-0.1, -0.05) is 12.1 Å². The normalized spacial score (nSPS) is 22.3. The van der Waals surface area contributed by atoms with Crippen molar-refractivity contribution in [2.24, 2.45) is 11.8 Å². The van der Waals surface area contributed by atoms with Gasteiger partial charge in [0.2, 0.25) is 5.91 Å². The van der Waals surface area contributed by atoms with Crippen LogP contribution < -0.4 is 10.6 Å². The van der Waals surface area contributed by atoms with Gasteiger partial charge in [-0.3, -0.25) is 4.79 Å². The number of carbonyl (C=O) groups is 1. The van der Waals surface area contributed by atoms with Crippen molar-refractivity contribution >= 4 is 5.91 Å². The molecule has 0 saturated carbocycles. The van der Waals surface area contributed by atoms with Gasteiger partial charge in [-0.25, -0.2) is 4.39 Å². The van der Waals surface area contributed by atoms with Crippen LogP contribution in [0.4, 0.5) is 17.6 Å². The van der Waals surface area contributed by atoms with Gasteiger partial charge in [-0.15, -0.1) is 0 Å². The first kappa shape index (κ1) is 15.8. The fourth-order valence-electron chi connectivity index (χ4n) is 2.44. The SMILES string of the molecule is Cc1cc(CNC(=O)[C@@H]2CNC[C@H]2C(F)(F)F)ccc1F. The predicted octanol–water partition coefficient (Wildman–Crippen LogP) is 2.15. The first-order valence-electron chi connectivity index (χ1n) is 6.59. The lowest BCUT2D eigenvalue weighted by Gasteiger charge is -2.20. The fraction of sp³-hybridized carbons (Fsp3) is 0.500. The first-order valence-corrected chi connectivity index (χ1v) is 6.59. The molecule has 116 valence electrons. The molecule has 0 aliphatic carbocycles. The molecule has 0 spiro atoms. The van der Waals surface area contributed by atoms with Crippen molar-refractivity contribution in [2.75, 3.05) is 13.1 Å². The van der Waals surface area contributed by atoms with E-state index in [9.17, 15) is 22.4 Å².